The first kappa shape index (κ1) is 15.6. The SMILES string of the molecule is CCn1cnnc1C1CCN(C(=O)[C@@H]2CC(=O)N(C3CC3)C2)CC1. The smallest absolute Gasteiger partial charge is 0.227 e. The minimum atomic E-state index is -0.131. The molecule has 0 aromatic carbocycles. The number of carbonyl (C=O) groups is 2. The number of aryl methyl sites for hydroxylation is 1. The molecule has 1 atom stereocenters. The number of likely N-dealkylation sites (tertiary alicyclic amines) is 2. The van der Waals surface area contributed by atoms with E-state index in [0.717, 1.165) is 51.1 Å². The molecule has 0 spiro atoms. The van der Waals surface area contributed by atoms with Crippen LogP contribution in [0, 0.1) is 5.92 Å². The fourth-order valence-electron chi connectivity index (χ4n) is 4.08. The van der Waals surface area contributed by atoms with Crippen molar-refractivity contribution >= 4 is 11.8 Å². The Hall–Kier alpha value is -1.92. The number of hydrogen-bond acceptors (Lipinski definition) is 4. The molecule has 2 aliphatic heterocycles. The zero-order valence-electron chi connectivity index (χ0n) is 14.2. The van der Waals surface area contributed by atoms with E-state index in [1.165, 1.54) is 0 Å². The van der Waals surface area contributed by atoms with Crippen molar-refractivity contribution in [3.8, 4) is 0 Å². The summed E-state index contributed by atoms with van der Waals surface area (Å²) in [7, 11) is 0. The molecule has 1 saturated carbocycles. The Kier molecular flexibility index (Phi) is 4.02. The molecule has 0 N–H and O–H groups in total. The first-order valence-corrected chi connectivity index (χ1v) is 9.13. The Labute approximate surface area is 142 Å². The largest absolute Gasteiger partial charge is 0.342 e. The summed E-state index contributed by atoms with van der Waals surface area (Å²) >= 11 is 0. The molecule has 0 unspecified atom stereocenters. The van der Waals surface area contributed by atoms with Crippen molar-refractivity contribution in [2.75, 3.05) is 19.6 Å². The lowest BCUT2D eigenvalue weighted by molar-refractivity contribution is -0.136. The number of rotatable bonds is 4. The summed E-state index contributed by atoms with van der Waals surface area (Å²) in [6.45, 7) is 5.12. The predicted molar refractivity (Wildman–Crippen MR) is 87.1 cm³/mol. The quantitative estimate of drug-likeness (QED) is 0.826. The van der Waals surface area contributed by atoms with Gasteiger partial charge in [-0.3, -0.25) is 9.59 Å². The van der Waals surface area contributed by atoms with Gasteiger partial charge in [0.2, 0.25) is 11.8 Å². The van der Waals surface area contributed by atoms with E-state index in [1.54, 1.807) is 6.33 Å². The summed E-state index contributed by atoms with van der Waals surface area (Å²) in [6.07, 6.45) is 6.25. The van der Waals surface area contributed by atoms with E-state index in [0.29, 0.717) is 24.9 Å². The highest BCUT2D eigenvalue weighted by Crippen LogP contribution is 2.34. The van der Waals surface area contributed by atoms with Crippen molar-refractivity contribution in [3.63, 3.8) is 0 Å². The van der Waals surface area contributed by atoms with E-state index in [-0.39, 0.29) is 17.7 Å². The normalized spacial score (nSPS) is 25.5. The second kappa shape index (κ2) is 6.18. The Morgan fingerprint density at radius 3 is 2.67 bits per heavy atom. The summed E-state index contributed by atoms with van der Waals surface area (Å²) in [6, 6.07) is 0.418. The molecule has 24 heavy (non-hydrogen) atoms. The third kappa shape index (κ3) is 2.80. The Balaban J connectivity index is 1.34. The highest BCUT2D eigenvalue weighted by molar-refractivity contribution is 5.89. The maximum absolute atomic E-state index is 12.8. The van der Waals surface area contributed by atoms with Crippen LogP contribution in [0.15, 0.2) is 6.33 Å². The van der Waals surface area contributed by atoms with Gasteiger partial charge in [0, 0.05) is 44.6 Å². The highest BCUT2D eigenvalue weighted by Gasteiger charge is 2.43. The molecule has 7 nitrogen and oxygen atoms in total. The van der Waals surface area contributed by atoms with Crippen molar-refractivity contribution in [1.29, 1.82) is 0 Å². The van der Waals surface area contributed by atoms with Crippen LogP contribution in [0.2, 0.25) is 0 Å². The van der Waals surface area contributed by atoms with Crippen LogP contribution in [0.1, 0.15) is 50.8 Å². The minimum absolute atomic E-state index is 0.131. The first-order valence-electron chi connectivity index (χ1n) is 9.13. The average molecular weight is 331 g/mol. The summed E-state index contributed by atoms with van der Waals surface area (Å²) in [5, 5.41) is 8.28. The van der Waals surface area contributed by atoms with Crippen LogP contribution in [-0.4, -0.2) is 62.1 Å². The second-order valence-electron chi connectivity index (χ2n) is 7.25. The van der Waals surface area contributed by atoms with Gasteiger partial charge in [-0.25, -0.2) is 0 Å². The fraction of sp³-hybridized carbons (Fsp3) is 0.765. The lowest BCUT2D eigenvalue weighted by Crippen LogP contribution is -2.42. The van der Waals surface area contributed by atoms with Crippen LogP contribution < -0.4 is 0 Å². The molecule has 2 amide bonds. The van der Waals surface area contributed by atoms with E-state index in [4.69, 9.17) is 0 Å². The van der Waals surface area contributed by atoms with Crippen LogP contribution in [-0.2, 0) is 16.1 Å². The summed E-state index contributed by atoms with van der Waals surface area (Å²) in [4.78, 5) is 28.7. The van der Waals surface area contributed by atoms with E-state index in [9.17, 15) is 9.59 Å². The molecule has 1 aliphatic carbocycles. The molecular formula is C17H25N5O2. The molecule has 0 bridgehead atoms. The molecular weight excluding hydrogens is 306 g/mol. The Morgan fingerprint density at radius 1 is 1.25 bits per heavy atom. The van der Waals surface area contributed by atoms with Crippen molar-refractivity contribution in [2.45, 2.75) is 57.5 Å². The third-order valence-electron chi connectivity index (χ3n) is 5.65. The maximum atomic E-state index is 12.8. The number of hydrogen-bond donors (Lipinski definition) is 0. The van der Waals surface area contributed by atoms with Crippen molar-refractivity contribution in [3.05, 3.63) is 12.2 Å². The first-order chi connectivity index (χ1) is 11.7. The molecule has 1 aromatic rings. The van der Waals surface area contributed by atoms with Crippen molar-refractivity contribution < 1.29 is 9.59 Å². The average Bonchev–Trinajstić information content (AvgIpc) is 3.20. The zero-order chi connectivity index (χ0) is 16.7. The molecule has 2 saturated heterocycles. The van der Waals surface area contributed by atoms with Gasteiger partial charge in [0.05, 0.1) is 5.92 Å². The van der Waals surface area contributed by atoms with Gasteiger partial charge >= 0.3 is 0 Å². The molecule has 130 valence electrons. The van der Waals surface area contributed by atoms with E-state index in [1.807, 2.05) is 9.80 Å². The molecule has 3 fully saturated rings. The van der Waals surface area contributed by atoms with Crippen LogP contribution in [0.25, 0.3) is 0 Å². The lowest BCUT2D eigenvalue weighted by Gasteiger charge is -2.33. The fourth-order valence-corrected chi connectivity index (χ4v) is 4.08. The van der Waals surface area contributed by atoms with E-state index >= 15 is 0 Å². The Morgan fingerprint density at radius 2 is 2.00 bits per heavy atom. The van der Waals surface area contributed by atoms with Gasteiger partial charge in [0.15, 0.2) is 0 Å². The van der Waals surface area contributed by atoms with Gasteiger partial charge in [-0.1, -0.05) is 0 Å². The number of aromatic nitrogens is 3. The third-order valence-corrected chi connectivity index (χ3v) is 5.65. The maximum Gasteiger partial charge on any atom is 0.227 e. The standard InChI is InChI=1S/C17H25N5O2/c1-2-20-11-18-19-16(20)12-5-7-21(8-6-12)17(24)13-9-15(23)22(10-13)14-3-4-14/h11-14H,2-10H2,1H3/t13-/m1/s1. The summed E-state index contributed by atoms with van der Waals surface area (Å²) in [5.41, 5.74) is 0. The Bertz CT molecular complexity index is 631. The van der Waals surface area contributed by atoms with Crippen LogP contribution in [0.3, 0.4) is 0 Å². The minimum Gasteiger partial charge on any atom is -0.342 e. The molecule has 3 heterocycles. The summed E-state index contributed by atoms with van der Waals surface area (Å²) in [5.74, 6) is 1.63. The van der Waals surface area contributed by atoms with E-state index < -0.39 is 0 Å². The molecule has 4 rings (SSSR count). The van der Waals surface area contributed by atoms with Gasteiger partial charge in [0.1, 0.15) is 12.2 Å². The number of carbonyl (C=O) groups excluding carboxylic acids is 2. The van der Waals surface area contributed by atoms with Gasteiger partial charge in [-0.2, -0.15) is 0 Å². The van der Waals surface area contributed by atoms with Gasteiger partial charge in [0.25, 0.3) is 0 Å². The van der Waals surface area contributed by atoms with Crippen molar-refractivity contribution in [2.24, 2.45) is 5.92 Å². The van der Waals surface area contributed by atoms with E-state index in [2.05, 4.69) is 21.7 Å². The van der Waals surface area contributed by atoms with Gasteiger partial charge in [-0.15, -0.1) is 10.2 Å². The lowest BCUT2D eigenvalue weighted by atomic mass is 9.94. The summed E-state index contributed by atoms with van der Waals surface area (Å²) < 4.78 is 2.09. The predicted octanol–water partition coefficient (Wildman–Crippen LogP) is 1.01. The molecule has 3 aliphatic rings. The zero-order valence-corrected chi connectivity index (χ0v) is 14.2. The number of amides is 2. The van der Waals surface area contributed by atoms with Gasteiger partial charge in [-0.05, 0) is 32.6 Å². The number of nitrogens with zero attached hydrogens (tertiary/aromatic N) is 5. The van der Waals surface area contributed by atoms with Crippen LogP contribution in [0.4, 0.5) is 0 Å². The van der Waals surface area contributed by atoms with Gasteiger partial charge < -0.3 is 14.4 Å². The molecule has 0 radical (unpaired) electrons. The number of piperidine rings is 1. The molecule has 1 aromatic heterocycles. The molecule has 7 heteroatoms. The monoisotopic (exact) mass is 331 g/mol. The second-order valence-corrected chi connectivity index (χ2v) is 7.25. The highest BCUT2D eigenvalue weighted by atomic mass is 16.2. The topological polar surface area (TPSA) is 71.3 Å². The van der Waals surface area contributed by atoms with Crippen molar-refractivity contribution in [1.82, 2.24) is 24.6 Å². The van der Waals surface area contributed by atoms with Crippen LogP contribution >= 0.6 is 0 Å². The van der Waals surface area contributed by atoms with Crippen LogP contribution in [0.5, 0.6) is 0 Å².